The molecule has 2 aromatic carbocycles. The molecule has 0 aliphatic carbocycles. The van der Waals surface area contributed by atoms with Crippen LogP contribution in [0.25, 0.3) is 0 Å². The van der Waals surface area contributed by atoms with Gasteiger partial charge < -0.3 is 14.7 Å². The van der Waals surface area contributed by atoms with Crippen LogP contribution in [0.3, 0.4) is 0 Å². The molecule has 4 heteroatoms. The molecule has 0 aliphatic rings. The van der Waals surface area contributed by atoms with Crippen molar-refractivity contribution in [3.05, 3.63) is 65.7 Å². The van der Waals surface area contributed by atoms with Gasteiger partial charge in [0.05, 0.1) is 5.60 Å². The van der Waals surface area contributed by atoms with Gasteiger partial charge in [0.15, 0.2) is 0 Å². The Balaban J connectivity index is 1.95. The third kappa shape index (κ3) is 5.42. The summed E-state index contributed by atoms with van der Waals surface area (Å²) in [4.78, 5) is 13.8. The molecule has 0 aromatic heterocycles. The molecule has 0 aliphatic heterocycles. The SMILES string of the molecule is CN(CC(C)(C)O)C(=O)c1ccc(COc2ccccc2)cc1. The van der Waals surface area contributed by atoms with Gasteiger partial charge in [-0.1, -0.05) is 30.3 Å². The van der Waals surface area contributed by atoms with Gasteiger partial charge in [0, 0.05) is 19.2 Å². The maximum Gasteiger partial charge on any atom is 0.253 e. The highest BCUT2D eigenvalue weighted by Gasteiger charge is 2.20. The Morgan fingerprint density at radius 3 is 2.26 bits per heavy atom. The van der Waals surface area contributed by atoms with Crippen molar-refractivity contribution in [2.24, 2.45) is 0 Å². The number of amides is 1. The second-order valence-corrected chi connectivity index (χ2v) is 6.27. The van der Waals surface area contributed by atoms with Crippen LogP contribution in [0, 0.1) is 0 Å². The molecule has 0 fully saturated rings. The van der Waals surface area contributed by atoms with Gasteiger partial charge in [-0.3, -0.25) is 4.79 Å². The van der Waals surface area contributed by atoms with Crippen LogP contribution in [-0.4, -0.2) is 35.1 Å². The van der Waals surface area contributed by atoms with E-state index in [4.69, 9.17) is 4.74 Å². The summed E-state index contributed by atoms with van der Waals surface area (Å²) in [5, 5.41) is 9.80. The predicted octanol–water partition coefficient (Wildman–Crippen LogP) is 3.11. The number of ether oxygens (including phenoxy) is 1. The average Bonchev–Trinajstić information content (AvgIpc) is 2.52. The summed E-state index contributed by atoms with van der Waals surface area (Å²) in [7, 11) is 1.69. The van der Waals surface area contributed by atoms with E-state index in [1.165, 1.54) is 4.90 Å². The summed E-state index contributed by atoms with van der Waals surface area (Å²) in [6.07, 6.45) is 0. The number of para-hydroxylation sites is 1. The fourth-order valence-electron chi connectivity index (χ4n) is 2.30. The highest BCUT2D eigenvalue weighted by molar-refractivity contribution is 5.94. The van der Waals surface area contributed by atoms with Gasteiger partial charge in [0.2, 0.25) is 0 Å². The first-order chi connectivity index (χ1) is 10.8. The highest BCUT2D eigenvalue weighted by atomic mass is 16.5. The first kappa shape index (κ1) is 17.0. The lowest BCUT2D eigenvalue weighted by Gasteiger charge is -2.25. The van der Waals surface area contributed by atoms with Crippen LogP contribution in [0.4, 0.5) is 0 Å². The number of carbonyl (C=O) groups excluding carboxylic acids is 1. The standard InChI is InChI=1S/C19H23NO3/c1-19(2,22)14-20(3)18(21)16-11-9-15(10-12-16)13-23-17-7-5-4-6-8-17/h4-12,22H,13-14H2,1-3H3. The van der Waals surface area contributed by atoms with Crippen molar-refractivity contribution >= 4 is 5.91 Å². The minimum Gasteiger partial charge on any atom is -0.489 e. The molecule has 0 spiro atoms. The summed E-state index contributed by atoms with van der Waals surface area (Å²) >= 11 is 0. The number of aliphatic hydroxyl groups is 1. The second-order valence-electron chi connectivity index (χ2n) is 6.27. The fraction of sp³-hybridized carbons (Fsp3) is 0.316. The van der Waals surface area contributed by atoms with E-state index >= 15 is 0 Å². The molecule has 2 rings (SSSR count). The first-order valence-corrected chi connectivity index (χ1v) is 7.60. The summed E-state index contributed by atoms with van der Waals surface area (Å²) in [5.41, 5.74) is 0.684. The first-order valence-electron chi connectivity index (χ1n) is 7.60. The summed E-state index contributed by atoms with van der Waals surface area (Å²) < 4.78 is 5.68. The quantitative estimate of drug-likeness (QED) is 0.891. The second kappa shape index (κ2) is 7.29. The lowest BCUT2D eigenvalue weighted by Crippen LogP contribution is -2.39. The molecule has 0 atom stereocenters. The molecule has 1 amide bonds. The molecular formula is C19H23NO3. The normalized spacial score (nSPS) is 11.1. The Morgan fingerprint density at radius 2 is 1.70 bits per heavy atom. The monoisotopic (exact) mass is 313 g/mol. The van der Waals surface area contributed by atoms with Gasteiger partial charge in [-0.05, 0) is 43.7 Å². The average molecular weight is 313 g/mol. The molecule has 4 nitrogen and oxygen atoms in total. The maximum absolute atomic E-state index is 12.3. The Bertz CT molecular complexity index is 630. The molecular weight excluding hydrogens is 290 g/mol. The zero-order chi connectivity index (χ0) is 16.9. The van der Waals surface area contributed by atoms with E-state index in [1.54, 1.807) is 33.0 Å². The maximum atomic E-state index is 12.3. The Kier molecular flexibility index (Phi) is 5.40. The van der Waals surface area contributed by atoms with Crippen molar-refractivity contribution < 1.29 is 14.6 Å². The van der Waals surface area contributed by atoms with Crippen molar-refractivity contribution in [2.75, 3.05) is 13.6 Å². The minimum absolute atomic E-state index is 0.109. The van der Waals surface area contributed by atoms with Gasteiger partial charge in [0.1, 0.15) is 12.4 Å². The molecule has 0 unspecified atom stereocenters. The molecule has 0 saturated carbocycles. The summed E-state index contributed by atoms with van der Waals surface area (Å²) in [6.45, 7) is 4.10. The molecule has 122 valence electrons. The predicted molar refractivity (Wildman–Crippen MR) is 90.5 cm³/mol. The zero-order valence-electron chi connectivity index (χ0n) is 13.8. The molecule has 1 N–H and O–H groups in total. The van der Waals surface area contributed by atoms with Crippen molar-refractivity contribution in [3.8, 4) is 5.75 Å². The molecule has 23 heavy (non-hydrogen) atoms. The van der Waals surface area contributed by atoms with Gasteiger partial charge in [-0.25, -0.2) is 0 Å². The lowest BCUT2D eigenvalue weighted by molar-refractivity contribution is 0.0368. The number of carbonyl (C=O) groups is 1. The molecule has 0 bridgehead atoms. The van der Waals surface area contributed by atoms with Crippen molar-refractivity contribution in [1.82, 2.24) is 4.90 Å². The summed E-state index contributed by atoms with van der Waals surface area (Å²) in [6, 6.07) is 16.9. The van der Waals surface area contributed by atoms with Gasteiger partial charge in [-0.15, -0.1) is 0 Å². The molecule has 0 saturated heterocycles. The van der Waals surface area contributed by atoms with Crippen LogP contribution in [0.2, 0.25) is 0 Å². The van der Waals surface area contributed by atoms with Crippen LogP contribution in [0.15, 0.2) is 54.6 Å². The number of likely N-dealkylation sites (N-methyl/N-ethyl adjacent to an activating group) is 1. The van der Waals surface area contributed by atoms with Crippen LogP contribution in [0.1, 0.15) is 29.8 Å². The highest BCUT2D eigenvalue weighted by Crippen LogP contribution is 2.13. The van der Waals surface area contributed by atoms with E-state index in [1.807, 2.05) is 42.5 Å². The summed E-state index contributed by atoms with van der Waals surface area (Å²) in [5.74, 6) is 0.709. The molecule has 0 heterocycles. The van der Waals surface area contributed by atoms with Crippen LogP contribution in [0.5, 0.6) is 5.75 Å². The van der Waals surface area contributed by atoms with Crippen LogP contribution < -0.4 is 4.74 Å². The number of hydrogen-bond donors (Lipinski definition) is 1. The van der Waals surface area contributed by atoms with E-state index in [0.29, 0.717) is 12.2 Å². The number of rotatable bonds is 6. The smallest absolute Gasteiger partial charge is 0.253 e. The van der Waals surface area contributed by atoms with Gasteiger partial charge in [-0.2, -0.15) is 0 Å². The third-order valence-corrected chi connectivity index (χ3v) is 3.32. The number of benzene rings is 2. The third-order valence-electron chi connectivity index (χ3n) is 3.32. The molecule has 0 radical (unpaired) electrons. The van der Waals surface area contributed by atoms with Crippen molar-refractivity contribution in [3.63, 3.8) is 0 Å². The van der Waals surface area contributed by atoms with E-state index < -0.39 is 5.60 Å². The van der Waals surface area contributed by atoms with E-state index in [9.17, 15) is 9.90 Å². The fourth-order valence-corrected chi connectivity index (χ4v) is 2.30. The largest absolute Gasteiger partial charge is 0.489 e. The van der Waals surface area contributed by atoms with E-state index in [-0.39, 0.29) is 12.5 Å². The van der Waals surface area contributed by atoms with Crippen molar-refractivity contribution in [2.45, 2.75) is 26.1 Å². The number of hydrogen-bond acceptors (Lipinski definition) is 3. The topological polar surface area (TPSA) is 49.8 Å². The van der Waals surface area contributed by atoms with Crippen molar-refractivity contribution in [1.29, 1.82) is 0 Å². The van der Waals surface area contributed by atoms with E-state index in [0.717, 1.165) is 11.3 Å². The Morgan fingerprint density at radius 1 is 1.09 bits per heavy atom. The van der Waals surface area contributed by atoms with Gasteiger partial charge in [0.25, 0.3) is 5.91 Å². The zero-order valence-corrected chi connectivity index (χ0v) is 13.8. The van der Waals surface area contributed by atoms with Gasteiger partial charge >= 0.3 is 0 Å². The number of nitrogens with zero attached hydrogens (tertiary/aromatic N) is 1. The Hall–Kier alpha value is -2.33. The molecule has 2 aromatic rings. The Labute approximate surface area is 137 Å². The van der Waals surface area contributed by atoms with E-state index in [2.05, 4.69) is 0 Å². The van der Waals surface area contributed by atoms with Crippen LogP contribution in [-0.2, 0) is 6.61 Å². The minimum atomic E-state index is -0.909. The lowest BCUT2D eigenvalue weighted by atomic mass is 10.1. The van der Waals surface area contributed by atoms with Crippen LogP contribution >= 0.6 is 0 Å².